The summed E-state index contributed by atoms with van der Waals surface area (Å²) in [4.78, 5) is 11.8. The molecule has 0 unspecified atom stereocenters. The summed E-state index contributed by atoms with van der Waals surface area (Å²) < 4.78 is 1.96. The lowest BCUT2D eigenvalue weighted by Crippen LogP contribution is -2.27. The molecule has 0 fully saturated rings. The highest BCUT2D eigenvalue weighted by Gasteiger charge is 2.12. The van der Waals surface area contributed by atoms with Gasteiger partial charge in [0.15, 0.2) is 10.3 Å². The van der Waals surface area contributed by atoms with Gasteiger partial charge in [0, 0.05) is 25.5 Å². The molecule has 1 amide bonds. The fraction of sp³-hybridized carbons (Fsp3) is 0.182. The lowest BCUT2D eigenvalue weighted by molar-refractivity contribution is 0.0952. The third-order valence-corrected chi connectivity index (χ3v) is 2.75. The van der Waals surface area contributed by atoms with Crippen molar-refractivity contribution in [3.63, 3.8) is 0 Å². The van der Waals surface area contributed by atoms with Gasteiger partial charge in [-0.25, -0.2) is 0 Å². The maximum atomic E-state index is 11.8. The number of hydrogen-bond donors (Lipinski definition) is 1. The molecule has 0 radical (unpaired) electrons. The Morgan fingerprint density at radius 1 is 1.28 bits per heavy atom. The Hall–Kier alpha value is -1.59. The third kappa shape index (κ3) is 3.21. The molecule has 0 aliphatic rings. The van der Waals surface area contributed by atoms with Gasteiger partial charge in [-0.15, -0.1) is 10.2 Å². The molecule has 2 aromatic rings. The molecule has 0 aromatic carbocycles. The van der Waals surface area contributed by atoms with E-state index in [9.17, 15) is 4.79 Å². The van der Waals surface area contributed by atoms with Crippen LogP contribution in [0.25, 0.3) is 0 Å². The highest BCUT2D eigenvalue weighted by molar-refractivity contribution is 6.34. The van der Waals surface area contributed by atoms with Gasteiger partial charge in [0.2, 0.25) is 0 Å². The van der Waals surface area contributed by atoms with Gasteiger partial charge in [-0.3, -0.25) is 4.79 Å². The van der Waals surface area contributed by atoms with Gasteiger partial charge in [-0.05, 0) is 18.2 Å². The fourth-order valence-electron chi connectivity index (χ4n) is 1.43. The van der Waals surface area contributed by atoms with E-state index in [1.54, 1.807) is 0 Å². The third-order valence-electron chi connectivity index (χ3n) is 2.29. The average Bonchev–Trinajstić information content (AvgIpc) is 2.85. The molecule has 2 rings (SSSR count). The Balaban J connectivity index is 1.93. The minimum Gasteiger partial charge on any atom is -0.353 e. The molecule has 0 aliphatic heterocycles. The number of halogens is 2. The molecular weight excluding hydrogens is 275 g/mol. The smallest absolute Gasteiger partial charge is 0.254 e. The lowest BCUT2D eigenvalue weighted by atomic mass is 10.3. The quantitative estimate of drug-likeness (QED) is 0.934. The molecule has 1 N–H and O–H groups in total. The Bertz CT molecular complexity index is 542. The van der Waals surface area contributed by atoms with Crippen LogP contribution in [-0.4, -0.2) is 27.2 Å². The zero-order valence-electron chi connectivity index (χ0n) is 9.31. The molecule has 18 heavy (non-hydrogen) atoms. The van der Waals surface area contributed by atoms with Gasteiger partial charge < -0.3 is 9.88 Å². The molecule has 0 atom stereocenters. The van der Waals surface area contributed by atoms with E-state index in [-0.39, 0.29) is 21.8 Å². The first kappa shape index (κ1) is 12.9. The normalized spacial score (nSPS) is 10.3. The van der Waals surface area contributed by atoms with E-state index in [0.29, 0.717) is 13.1 Å². The van der Waals surface area contributed by atoms with E-state index >= 15 is 0 Å². The molecule has 2 heterocycles. The number of carbonyl (C=O) groups is 1. The second-order valence-electron chi connectivity index (χ2n) is 3.55. The van der Waals surface area contributed by atoms with Crippen LogP contribution in [0, 0.1) is 0 Å². The summed E-state index contributed by atoms with van der Waals surface area (Å²) in [7, 11) is 0. The number of nitrogens with one attached hydrogen (secondary N) is 1. The van der Waals surface area contributed by atoms with Crippen molar-refractivity contribution in [3.05, 3.63) is 46.5 Å². The first-order valence-electron chi connectivity index (χ1n) is 5.24. The number of hydrogen-bond acceptors (Lipinski definition) is 3. The van der Waals surface area contributed by atoms with Crippen LogP contribution in [0.3, 0.4) is 0 Å². The van der Waals surface area contributed by atoms with Crippen molar-refractivity contribution in [2.75, 3.05) is 6.54 Å². The first-order chi connectivity index (χ1) is 8.66. The molecule has 0 aliphatic carbocycles. The van der Waals surface area contributed by atoms with Crippen LogP contribution in [0.1, 0.15) is 10.4 Å². The Morgan fingerprint density at radius 3 is 2.72 bits per heavy atom. The van der Waals surface area contributed by atoms with E-state index in [0.717, 1.165) is 0 Å². The van der Waals surface area contributed by atoms with Crippen LogP contribution < -0.4 is 5.32 Å². The predicted octanol–water partition coefficient (Wildman–Crippen LogP) is 2.01. The predicted molar refractivity (Wildman–Crippen MR) is 68.8 cm³/mol. The molecule has 7 heteroatoms. The van der Waals surface area contributed by atoms with E-state index in [2.05, 4.69) is 15.5 Å². The van der Waals surface area contributed by atoms with Crippen molar-refractivity contribution in [1.82, 2.24) is 20.1 Å². The monoisotopic (exact) mass is 284 g/mol. The van der Waals surface area contributed by atoms with Crippen LogP contribution in [0.5, 0.6) is 0 Å². The summed E-state index contributed by atoms with van der Waals surface area (Å²) in [6.45, 7) is 1.17. The van der Waals surface area contributed by atoms with Crippen molar-refractivity contribution < 1.29 is 4.79 Å². The highest BCUT2D eigenvalue weighted by Crippen LogP contribution is 2.14. The van der Waals surface area contributed by atoms with Crippen LogP contribution in [0.2, 0.25) is 10.3 Å². The Labute approximate surface area is 114 Å². The molecule has 0 spiro atoms. The minimum atomic E-state index is -0.316. The SMILES string of the molecule is O=C(NCCn1cccc1)c1cc(Cl)nnc1Cl. The maximum absolute atomic E-state index is 11.8. The standard InChI is InChI=1S/C11H10Cl2N4O/c12-9-7-8(10(13)16-15-9)11(18)14-3-6-17-4-1-2-5-17/h1-2,4-5,7H,3,6H2,(H,14,18). The van der Waals surface area contributed by atoms with E-state index < -0.39 is 0 Å². The zero-order chi connectivity index (χ0) is 13.0. The summed E-state index contributed by atoms with van der Waals surface area (Å²) in [5.74, 6) is -0.316. The summed E-state index contributed by atoms with van der Waals surface area (Å²) >= 11 is 11.4. The van der Waals surface area contributed by atoms with E-state index in [1.165, 1.54) is 6.07 Å². The molecule has 0 saturated carbocycles. The number of rotatable bonds is 4. The Kier molecular flexibility index (Phi) is 4.17. The number of carbonyl (C=O) groups excluding carboxylic acids is 1. The van der Waals surface area contributed by atoms with Gasteiger partial charge in [-0.2, -0.15) is 0 Å². The minimum absolute atomic E-state index is 0.0397. The summed E-state index contributed by atoms with van der Waals surface area (Å²) in [5.41, 5.74) is 0.226. The van der Waals surface area contributed by atoms with Crippen molar-refractivity contribution in [1.29, 1.82) is 0 Å². The van der Waals surface area contributed by atoms with Gasteiger partial charge >= 0.3 is 0 Å². The van der Waals surface area contributed by atoms with Crippen LogP contribution in [0.15, 0.2) is 30.6 Å². The second-order valence-corrected chi connectivity index (χ2v) is 4.29. The number of nitrogens with zero attached hydrogens (tertiary/aromatic N) is 3. The molecule has 0 saturated heterocycles. The summed E-state index contributed by atoms with van der Waals surface area (Å²) in [6.07, 6.45) is 3.84. The van der Waals surface area contributed by atoms with Crippen molar-refractivity contribution >= 4 is 29.1 Å². The Morgan fingerprint density at radius 2 is 2.00 bits per heavy atom. The van der Waals surface area contributed by atoms with Gasteiger partial charge in [0.25, 0.3) is 5.91 Å². The van der Waals surface area contributed by atoms with Crippen LogP contribution in [0.4, 0.5) is 0 Å². The topological polar surface area (TPSA) is 59.8 Å². The van der Waals surface area contributed by atoms with Crippen LogP contribution in [-0.2, 0) is 6.54 Å². The van der Waals surface area contributed by atoms with Gasteiger partial charge in [-0.1, -0.05) is 23.2 Å². The van der Waals surface area contributed by atoms with Crippen molar-refractivity contribution in [3.8, 4) is 0 Å². The maximum Gasteiger partial charge on any atom is 0.254 e. The van der Waals surface area contributed by atoms with Gasteiger partial charge in [0.1, 0.15) is 0 Å². The lowest BCUT2D eigenvalue weighted by Gasteiger charge is -2.06. The van der Waals surface area contributed by atoms with Crippen molar-refractivity contribution in [2.24, 2.45) is 0 Å². The second kappa shape index (κ2) is 5.84. The van der Waals surface area contributed by atoms with E-state index in [4.69, 9.17) is 23.2 Å². The molecule has 94 valence electrons. The summed E-state index contributed by atoms with van der Waals surface area (Å²) in [5, 5.41) is 10.0. The zero-order valence-corrected chi connectivity index (χ0v) is 10.8. The highest BCUT2D eigenvalue weighted by atomic mass is 35.5. The van der Waals surface area contributed by atoms with E-state index in [1.807, 2.05) is 29.1 Å². The first-order valence-corrected chi connectivity index (χ1v) is 6.00. The molecule has 5 nitrogen and oxygen atoms in total. The fourth-order valence-corrected chi connectivity index (χ4v) is 1.75. The van der Waals surface area contributed by atoms with Crippen LogP contribution >= 0.6 is 23.2 Å². The van der Waals surface area contributed by atoms with Crippen molar-refractivity contribution in [2.45, 2.75) is 6.54 Å². The molecule has 0 bridgehead atoms. The van der Waals surface area contributed by atoms with Gasteiger partial charge in [0.05, 0.1) is 5.56 Å². The average molecular weight is 285 g/mol. The molecular formula is C11H10Cl2N4O. The summed E-state index contributed by atoms with van der Waals surface area (Å²) in [6, 6.07) is 5.23. The molecule has 2 aromatic heterocycles. The largest absolute Gasteiger partial charge is 0.353 e. The number of aromatic nitrogens is 3. The number of amides is 1.